The quantitative estimate of drug-likeness (QED) is 0.339. The van der Waals surface area contributed by atoms with Crippen molar-refractivity contribution in [2.45, 2.75) is 0 Å². The van der Waals surface area contributed by atoms with Crippen molar-refractivity contribution in [3.8, 4) is 5.75 Å². The first-order chi connectivity index (χ1) is 8.04. The molecule has 0 aliphatic heterocycles. The number of ether oxygens (including phenoxy) is 2. The topological polar surface area (TPSA) is 95.7 Å². The van der Waals surface area contributed by atoms with Crippen LogP contribution in [-0.2, 0) is 4.74 Å². The van der Waals surface area contributed by atoms with Crippen LogP contribution in [0.25, 0.3) is 0 Å². The molecule has 7 nitrogen and oxygen atoms in total. The average Bonchev–Trinajstić information content (AvgIpc) is 2.35. The molecule has 0 saturated heterocycles. The minimum atomic E-state index is -0.904. The van der Waals surface area contributed by atoms with Crippen LogP contribution in [0.2, 0.25) is 0 Å². The highest BCUT2D eigenvalue weighted by atomic mass is 16.6. The lowest BCUT2D eigenvalue weighted by molar-refractivity contribution is -0.385. The van der Waals surface area contributed by atoms with Crippen LogP contribution in [0.3, 0.4) is 0 Å². The van der Waals surface area contributed by atoms with Gasteiger partial charge >= 0.3 is 5.97 Å². The predicted molar refractivity (Wildman–Crippen MR) is 56.4 cm³/mol. The van der Waals surface area contributed by atoms with E-state index in [-0.39, 0.29) is 23.2 Å². The van der Waals surface area contributed by atoms with Gasteiger partial charge in [0, 0.05) is 6.07 Å². The third kappa shape index (κ3) is 2.39. The zero-order valence-electron chi connectivity index (χ0n) is 9.13. The second-order valence-electron chi connectivity index (χ2n) is 2.98. The summed E-state index contributed by atoms with van der Waals surface area (Å²) in [6.45, 7) is 0. The third-order valence-electron chi connectivity index (χ3n) is 2.06. The molecule has 0 fully saturated rings. The first-order valence-electron chi connectivity index (χ1n) is 4.45. The lowest BCUT2D eigenvalue weighted by Crippen LogP contribution is -2.08. The van der Waals surface area contributed by atoms with Crippen molar-refractivity contribution in [2.75, 3.05) is 14.2 Å². The zero-order valence-corrected chi connectivity index (χ0v) is 9.13. The van der Waals surface area contributed by atoms with Gasteiger partial charge in [-0.25, -0.2) is 4.79 Å². The summed E-state index contributed by atoms with van der Waals surface area (Å²) in [7, 11) is 2.41. The van der Waals surface area contributed by atoms with E-state index in [9.17, 15) is 19.7 Å². The highest BCUT2D eigenvalue weighted by molar-refractivity contribution is 5.99. The Morgan fingerprint density at radius 1 is 1.41 bits per heavy atom. The van der Waals surface area contributed by atoms with Crippen molar-refractivity contribution >= 4 is 17.9 Å². The molecule has 0 amide bonds. The maximum absolute atomic E-state index is 11.4. The number of nitrogens with zero attached hydrogens (tertiary/aromatic N) is 1. The Balaban J connectivity index is 3.57. The number of hydrogen-bond donors (Lipinski definition) is 0. The van der Waals surface area contributed by atoms with Gasteiger partial charge in [0.25, 0.3) is 5.69 Å². The fourth-order valence-corrected chi connectivity index (χ4v) is 1.31. The van der Waals surface area contributed by atoms with Gasteiger partial charge in [-0.15, -0.1) is 0 Å². The van der Waals surface area contributed by atoms with E-state index in [1.54, 1.807) is 0 Å². The summed E-state index contributed by atoms with van der Waals surface area (Å²) in [6.07, 6.45) is 0.285. The summed E-state index contributed by atoms with van der Waals surface area (Å²) < 4.78 is 9.25. The van der Waals surface area contributed by atoms with Crippen molar-refractivity contribution in [1.82, 2.24) is 0 Å². The normalized spacial score (nSPS) is 9.53. The summed E-state index contributed by atoms with van der Waals surface area (Å²) in [6, 6.07) is 2.33. The lowest BCUT2D eigenvalue weighted by Gasteiger charge is -2.06. The second kappa shape index (κ2) is 5.06. The summed E-state index contributed by atoms with van der Waals surface area (Å²) in [5.41, 5.74) is -1.15. The van der Waals surface area contributed by atoms with Crippen LogP contribution in [0, 0.1) is 10.1 Å². The molecule has 0 bridgehead atoms. The number of hydrogen-bond acceptors (Lipinski definition) is 6. The van der Waals surface area contributed by atoms with Gasteiger partial charge < -0.3 is 9.47 Å². The van der Waals surface area contributed by atoms with E-state index in [1.807, 2.05) is 0 Å². The average molecular weight is 239 g/mol. The van der Waals surface area contributed by atoms with Gasteiger partial charge in [0.1, 0.15) is 11.3 Å². The van der Waals surface area contributed by atoms with Gasteiger partial charge in [-0.05, 0) is 6.07 Å². The van der Waals surface area contributed by atoms with Crippen LogP contribution in [0.1, 0.15) is 20.7 Å². The summed E-state index contributed by atoms with van der Waals surface area (Å²) in [4.78, 5) is 32.1. The van der Waals surface area contributed by atoms with Crippen molar-refractivity contribution in [3.63, 3.8) is 0 Å². The van der Waals surface area contributed by atoms with E-state index in [0.717, 1.165) is 13.2 Å². The summed E-state index contributed by atoms with van der Waals surface area (Å²) in [5, 5.41) is 10.8. The number of carbonyl (C=O) groups excluding carboxylic acids is 2. The SMILES string of the molecule is COC(=O)c1cc(OC)cc(C=O)c1[N+](=O)[O-]. The molecule has 0 heterocycles. The van der Waals surface area contributed by atoms with Crippen LogP contribution in [-0.4, -0.2) is 31.4 Å². The molecular weight excluding hydrogens is 230 g/mol. The standard InChI is InChI=1S/C10H9NO6/c1-16-7-3-6(5-12)9(11(14)15)8(4-7)10(13)17-2/h3-5H,1-2H3. The van der Waals surface area contributed by atoms with E-state index < -0.39 is 16.6 Å². The Morgan fingerprint density at radius 2 is 2.06 bits per heavy atom. The van der Waals surface area contributed by atoms with E-state index in [2.05, 4.69) is 4.74 Å². The van der Waals surface area contributed by atoms with E-state index in [1.165, 1.54) is 13.2 Å². The molecule has 17 heavy (non-hydrogen) atoms. The van der Waals surface area contributed by atoms with Gasteiger partial charge in [-0.2, -0.15) is 0 Å². The van der Waals surface area contributed by atoms with Gasteiger partial charge in [0.05, 0.1) is 24.7 Å². The molecule has 0 unspecified atom stereocenters. The number of carbonyl (C=O) groups is 2. The molecule has 7 heteroatoms. The molecule has 0 N–H and O–H groups in total. The number of rotatable bonds is 4. The highest BCUT2D eigenvalue weighted by Crippen LogP contribution is 2.28. The molecule has 0 radical (unpaired) electrons. The number of methoxy groups -OCH3 is 2. The summed E-state index contributed by atoms with van der Waals surface area (Å²) >= 11 is 0. The minimum absolute atomic E-state index is 0.165. The highest BCUT2D eigenvalue weighted by Gasteiger charge is 2.26. The lowest BCUT2D eigenvalue weighted by atomic mass is 10.1. The van der Waals surface area contributed by atoms with Crippen molar-refractivity contribution in [1.29, 1.82) is 0 Å². The largest absolute Gasteiger partial charge is 0.497 e. The van der Waals surface area contributed by atoms with Gasteiger partial charge in [-0.3, -0.25) is 14.9 Å². The number of esters is 1. The van der Waals surface area contributed by atoms with E-state index in [0.29, 0.717) is 0 Å². The van der Waals surface area contributed by atoms with Gasteiger partial charge in [-0.1, -0.05) is 0 Å². The van der Waals surface area contributed by atoms with Gasteiger partial charge in [0.15, 0.2) is 6.29 Å². The molecule has 0 aromatic heterocycles. The number of nitro benzene ring substituents is 1. The smallest absolute Gasteiger partial charge is 0.345 e. The Hall–Kier alpha value is -2.44. The second-order valence-corrected chi connectivity index (χ2v) is 2.98. The zero-order chi connectivity index (χ0) is 13.0. The van der Waals surface area contributed by atoms with Crippen LogP contribution < -0.4 is 4.74 Å². The van der Waals surface area contributed by atoms with Crippen LogP contribution in [0.4, 0.5) is 5.69 Å². The monoisotopic (exact) mass is 239 g/mol. The molecule has 1 rings (SSSR count). The van der Waals surface area contributed by atoms with Crippen molar-refractivity contribution in [3.05, 3.63) is 33.4 Å². The van der Waals surface area contributed by atoms with Crippen LogP contribution in [0.5, 0.6) is 5.75 Å². The van der Waals surface area contributed by atoms with E-state index >= 15 is 0 Å². The number of benzene rings is 1. The third-order valence-corrected chi connectivity index (χ3v) is 2.06. The van der Waals surface area contributed by atoms with E-state index in [4.69, 9.17) is 4.74 Å². The van der Waals surface area contributed by atoms with Crippen molar-refractivity contribution in [2.24, 2.45) is 0 Å². The molecule has 0 spiro atoms. The Labute approximate surface area is 96.1 Å². The Morgan fingerprint density at radius 3 is 2.47 bits per heavy atom. The molecule has 1 aromatic carbocycles. The van der Waals surface area contributed by atoms with Crippen LogP contribution in [0.15, 0.2) is 12.1 Å². The van der Waals surface area contributed by atoms with Gasteiger partial charge in [0.2, 0.25) is 0 Å². The maximum atomic E-state index is 11.4. The fourth-order valence-electron chi connectivity index (χ4n) is 1.31. The molecule has 0 atom stereocenters. The number of nitro groups is 1. The molecule has 90 valence electrons. The molecule has 0 aliphatic carbocycles. The Kier molecular flexibility index (Phi) is 3.76. The van der Waals surface area contributed by atoms with Crippen molar-refractivity contribution < 1.29 is 24.0 Å². The predicted octanol–water partition coefficient (Wildman–Crippen LogP) is 1.20. The molecule has 0 saturated carbocycles. The number of aldehydes is 1. The Bertz CT molecular complexity index is 482. The first-order valence-corrected chi connectivity index (χ1v) is 4.45. The maximum Gasteiger partial charge on any atom is 0.345 e. The summed E-state index contributed by atoms with van der Waals surface area (Å²) in [5.74, 6) is -0.739. The first kappa shape index (κ1) is 12.6. The molecule has 0 aliphatic rings. The molecule has 1 aromatic rings. The minimum Gasteiger partial charge on any atom is -0.497 e. The fraction of sp³-hybridized carbons (Fsp3) is 0.200. The van der Waals surface area contributed by atoms with Crippen LogP contribution >= 0.6 is 0 Å². The molecular formula is C10H9NO6.